The van der Waals surface area contributed by atoms with Crippen molar-refractivity contribution >= 4 is 23.9 Å². The Morgan fingerprint density at radius 1 is 0.339 bits per heavy atom. The summed E-state index contributed by atoms with van der Waals surface area (Å²) in [6.07, 6.45) is 38.2. The van der Waals surface area contributed by atoms with E-state index in [2.05, 4.69) is 13.8 Å². The third-order valence-electron chi connectivity index (χ3n) is 12.3. The maximum atomic E-state index is 12.3. The molecule has 0 aliphatic carbocycles. The number of carbonyl (C=O) groups excluding carboxylic acids is 4. The van der Waals surface area contributed by atoms with E-state index in [9.17, 15) is 24.3 Å². The molecule has 9 heteroatoms. The minimum atomic E-state index is -0.565. The van der Waals surface area contributed by atoms with Crippen LogP contribution in [0.1, 0.15) is 285 Å². The summed E-state index contributed by atoms with van der Waals surface area (Å²) >= 11 is 0. The lowest BCUT2D eigenvalue weighted by molar-refractivity contribution is -0.169. The summed E-state index contributed by atoms with van der Waals surface area (Å²) in [6, 6.07) is 0. The Morgan fingerprint density at radius 2 is 0.629 bits per heavy atom. The van der Waals surface area contributed by atoms with Crippen LogP contribution in [0.2, 0.25) is 0 Å². The van der Waals surface area contributed by atoms with Gasteiger partial charge in [0.25, 0.3) is 0 Å². The Morgan fingerprint density at radius 3 is 1.00 bits per heavy atom. The molecule has 0 heterocycles. The van der Waals surface area contributed by atoms with Crippen molar-refractivity contribution < 1.29 is 43.2 Å². The molecule has 0 radical (unpaired) electrons. The van der Waals surface area contributed by atoms with E-state index in [1.807, 2.05) is 13.8 Å². The van der Waals surface area contributed by atoms with Gasteiger partial charge in [-0.3, -0.25) is 19.2 Å². The van der Waals surface area contributed by atoms with Gasteiger partial charge in [0.15, 0.2) is 0 Å². The number of ether oxygens (including phenoxy) is 4. The summed E-state index contributed by atoms with van der Waals surface area (Å²) in [5, 5.41) is 10.7. The molecule has 0 saturated heterocycles. The molecule has 0 aromatic rings. The second-order valence-electron chi connectivity index (χ2n) is 18.1. The van der Waals surface area contributed by atoms with Crippen LogP contribution in [-0.2, 0) is 38.1 Å². The highest BCUT2D eigenvalue weighted by Gasteiger charge is 2.28. The number of hydrogen-bond acceptors (Lipinski definition) is 9. The third-order valence-corrected chi connectivity index (χ3v) is 12.3. The second-order valence-corrected chi connectivity index (χ2v) is 18.1. The normalized spacial score (nSPS) is 13.3. The molecule has 0 spiro atoms. The van der Waals surface area contributed by atoms with Gasteiger partial charge in [0.1, 0.15) is 18.3 Å². The van der Waals surface area contributed by atoms with Crippen molar-refractivity contribution in [3.8, 4) is 0 Å². The predicted octanol–water partition coefficient (Wildman–Crippen LogP) is 14.9. The lowest BCUT2D eigenvalue weighted by Crippen LogP contribution is -2.35. The van der Waals surface area contributed by atoms with Gasteiger partial charge >= 0.3 is 23.9 Å². The molecular formula is C53H100O9. The highest BCUT2D eigenvalue weighted by Crippen LogP contribution is 2.23. The number of rotatable bonds is 47. The lowest BCUT2D eigenvalue weighted by Gasteiger charge is -2.27. The van der Waals surface area contributed by atoms with Crippen LogP contribution in [0.25, 0.3) is 0 Å². The highest BCUT2D eigenvalue weighted by molar-refractivity contribution is 5.70. The number of aliphatic hydroxyl groups is 1. The first-order valence-electron chi connectivity index (χ1n) is 26.6. The van der Waals surface area contributed by atoms with E-state index in [1.54, 1.807) is 6.92 Å². The fourth-order valence-electron chi connectivity index (χ4n) is 8.15. The Kier molecular flexibility index (Phi) is 43.8. The molecule has 0 fully saturated rings. The number of unbranched alkanes of at least 4 members (excludes halogenated alkanes) is 27. The molecule has 0 aromatic carbocycles. The van der Waals surface area contributed by atoms with Crippen molar-refractivity contribution in [1.29, 1.82) is 0 Å². The number of esters is 4. The Balaban J connectivity index is 3.90. The Labute approximate surface area is 382 Å². The zero-order valence-corrected chi connectivity index (χ0v) is 41.3. The number of hydrogen-bond donors (Lipinski definition) is 1. The fraction of sp³-hybridized carbons (Fsp3) is 0.925. The topological polar surface area (TPSA) is 125 Å². The molecule has 1 N–H and O–H groups in total. The molecule has 0 bridgehead atoms. The molecule has 4 unspecified atom stereocenters. The number of carbonyl (C=O) groups is 4. The Hall–Kier alpha value is -2.16. The van der Waals surface area contributed by atoms with Gasteiger partial charge in [-0.25, -0.2) is 0 Å². The summed E-state index contributed by atoms with van der Waals surface area (Å²) < 4.78 is 22.7. The number of aliphatic hydroxyl groups excluding tert-OH is 1. The average molecular weight is 881 g/mol. The maximum absolute atomic E-state index is 12.3. The van der Waals surface area contributed by atoms with Gasteiger partial charge in [-0.15, -0.1) is 0 Å². The maximum Gasteiger partial charge on any atom is 0.305 e. The van der Waals surface area contributed by atoms with E-state index >= 15 is 0 Å². The largest absolute Gasteiger partial charge is 0.466 e. The smallest absolute Gasteiger partial charge is 0.305 e. The third kappa shape index (κ3) is 38.3. The van der Waals surface area contributed by atoms with Gasteiger partial charge in [0.2, 0.25) is 0 Å². The van der Waals surface area contributed by atoms with E-state index in [0.29, 0.717) is 38.7 Å². The standard InChI is InChI=1S/C53H100O9/c1-6-11-13-15-29-35-41-47(60-50(55)8-3)46(54)40-34-28-24-20-19-22-26-32-38-44-53(58)59-45-39-33-27-23-18-17-21-25-31-37-43-49(62-52(57)10-5)48(61-51(56)9-4)42-36-30-16-14-12-7-2/h46-49,54H,6-45H2,1-5H3. The second kappa shape index (κ2) is 45.4. The zero-order chi connectivity index (χ0) is 45.7. The molecule has 4 atom stereocenters. The highest BCUT2D eigenvalue weighted by atomic mass is 16.6. The summed E-state index contributed by atoms with van der Waals surface area (Å²) in [6.45, 7) is 10.4. The van der Waals surface area contributed by atoms with Crippen LogP contribution in [0.4, 0.5) is 0 Å². The van der Waals surface area contributed by atoms with E-state index in [0.717, 1.165) is 109 Å². The monoisotopic (exact) mass is 881 g/mol. The first-order valence-corrected chi connectivity index (χ1v) is 26.6. The van der Waals surface area contributed by atoms with Crippen LogP contribution in [0.15, 0.2) is 0 Å². The van der Waals surface area contributed by atoms with Crippen molar-refractivity contribution in [2.24, 2.45) is 0 Å². The molecule has 0 aliphatic heterocycles. The molecule has 62 heavy (non-hydrogen) atoms. The minimum absolute atomic E-state index is 0.0593. The van der Waals surface area contributed by atoms with Crippen molar-refractivity contribution in [3.05, 3.63) is 0 Å². The van der Waals surface area contributed by atoms with Gasteiger partial charge in [-0.05, 0) is 57.8 Å². The van der Waals surface area contributed by atoms with Crippen LogP contribution in [0.5, 0.6) is 0 Å². The van der Waals surface area contributed by atoms with E-state index in [1.165, 1.54) is 109 Å². The van der Waals surface area contributed by atoms with E-state index < -0.39 is 6.10 Å². The molecule has 0 aliphatic rings. The molecule has 0 aromatic heterocycles. The minimum Gasteiger partial charge on any atom is -0.466 e. The van der Waals surface area contributed by atoms with Gasteiger partial charge in [0, 0.05) is 25.7 Å². The first-order chi connectivity index (χ1) is 30.2. The van der Waals surface area contributed by atoms with E-state index in [4.69, 9.17) is 18.9 Å². The van der Waals surface area contributed by atoms with Crippen LogP contribution < -0.4 is 0 Å². The Bertz CT molecular complexity index is 1030. The van der Waals surface area contributed by atoms with E-state index in [-0.39, 0.29) is 42.2 Å². The van der Waals surface area contributed by atoms with Gasteiger partial charge < -0.3 is 24.1 Å². The molecular weight excluding hydrogens is 781 g/mol. The molecule has 0 amide bonds. The summed E-state index contributed by atoms with van der Waals surface area (Å²) in [5.41, 5.74) is 0. The quantitative estimate of drug-likeness (QED) is 0.0361. The molecule has 9 nitrogen and oxygen atoms in total. The fourth-order valence-corrected chi connectivity index (χ4v) is 8.15. The van der Waals surface area contributed by atoms with Crippen LogP contribution in [0, 0.1) is 0 Å². The van der Waals surface area contributed by atoms with Gasteiger partial charge in [-0.2, -0.15) is 0 Å². The SMILES string of the molecule is CCCCCCCCC(OC(=O)CC)C(O)CCCCCCCCCCCC(=O)OCCCCCCCCCCCCC(OC(=O)CC)C(CCCCCCCC)OC(=O)CC. The van der Waals surface area contributed by atoms with Crippen LogP contribution in [0.3, 0.4) is 0 Å². The van der Waals surface area contributed by atoms with Crippen molar-refractivity contribution in [2.75, 3.05) is 6.61 Å². The molecule has 0 saturated carbocycles. The summed E-state index contributed by atoms with van der Waals surface area (Å²) in [4.78, 5) is 48.6. The molecule has 0 rings (SSSR count). The van der Waals surface area contributed by atoms with Gasteiger partial charge in [-0.1, -0.05) is 202 Å². The van der Waals surface area contributed by atoms with Crippen molar-refractivity contribution in [2.45, 2.75) is 309 Å². The summed E-state index contributed by atoms with van der Waals surface area (Å²) in [7, 11) is 0. The lowest BCUT2D eigenvalue weighted by atomic mass is 9.98. The first kappa shape index (κ1) is 59.8. The van der Waals surface area contributed by atoms with Crippen molar-refractivity contribution in [1.82, 2.24) is 0 Å². The van der Waals surface area contributed by atoms with Gasteiger partial charge in [0.05, 0.1) is 12.7 Å². The average Bonchev–Trinajstić information content (AvgIpc) is 3.27. The van der Waals surface area contributed by atoms with Crippen molar-refractivity contribution in [3.63, 3.8) is 0 Å². The predicted molar refractivity (Wildman–Crippen MR) is 255 cm³/mol. The van der Waals surface area contributed by atoms with Crippen LogP contribution in [-0.4, -0.2) is 60.0 Å². The van der Waals surface area contributed by atoms with Crippen LogP contribution >= 0.6 is 0 Å². The summed E-state index contributed by atoms with van der Waals surface area (Å²) in [5.74, 6) is -0.712. The molecule has 366 valence electrons. The zero-order valence-electron chi connectivity index (χ0n) is 41.3.